The number of anilines is 3. The summed E-state index contributed by atoms with van der Waals surface area (Å²) in [5.41, 5.74) is 4.08. The summed E-state index contributed by atoms with van der Waals surface area (Å²) < 4.78 is 0. The summed E-state index contributed by atoms with van der Waals surface area (Å²) in [5.74, 6) is -2.24. The highest BCUT2D eigenvalue weighted by Gasteiger charge is 2.39. The van der Waals surface area contributed by atoms with Crippen LogP contribution >= 0.6 is 11.3 Å². The molecule has 0 saturated heterocycles. The lowest BCUT2D eigenvalue weighted by Gasteiger charge is -2.32. The molecule has 3 amide bonds. The molecule has 5 rings (SSSR count). The average molecular weight is 567 g/mol. The lowest BCUT2D eigenvalue weighted by molar-refractivity contribution is -0.138. The van der Waals surface area contributed by atoms with Crippen LogP contribution in [0.3, 0.4) is 0 Å². The van der Waals surface area contributed by atoms with Crippen molar-refractivity contribution in [3.63, 3.8) is 0 Å². The monoisotopic (exact) mass is 566 g/mol. The van der Waals surface area contributed by atoms with Crippen LogP contribution in [0.2, 0.25) is 0 Å². The molecular formula is C32H30N4O4S. The van der Waals surface area contributed by atoms with Crippen molar-refractivity contribution in [3.8, 4) is 0 Å². The van der Waals surface area contributed by atoms with Crippen LogP contribution in [0.15, 0.2) is 90.3 Å². The third-order valence-corrected chi connectivity index (χ3v) is 8.04. The molecule has 0 fully saturated rings. The SMILES string of the molecule is Cc1ccccc1CN(C(=O)CN1C(=O)C(=O)c2ccccc21)[C@@H](C(=O)Nc1ccc(N(C)C)cc1)c1cccs1. The van der Waals surface area contributed by atoms with E-state index in [-0.39, 0.29) is 24.6 Å². The summed E-state index contributed by atoms with van der Waals surface area (Å²) in [6.45, 7) is 1.71. The molecule has 0 radical (unpaired) electrons. The number of carbonyl (C=O) groups excluding carboxylic acids is 4. The minimum Gasteiger partial charge on any atom is -0.378 e. The van der Waals surface area contributed by atoms with Gasteiger partial charge in [0.25, 0.3) is 17.6 Å². The van der Waals surface area contributed by atoms with Gasteiger partial charge in [0, 0.05) is 36.9 Å². The molecule has 208 valence electrons. The number of amides is 3. The van der Waals surface area contributed by atoms with Crippen molar-refractivity contribution in [2.75, 3.05) is 35.8 Å². The van der Waals surface area contributed by atoms with Crippen LogP contribution in [0, 0.1) is 6.92 Å². The van der Waals surface area contributed by atoms with Crippen molar-refractivity contribution >= 4 is 51.9 Å². The number of hydrogen-bond donors (Lipinski definition) is 1. The van der Waals surface area contributed by atoms with Crippen LogP contribution in [-0.2, 0) is 20.9 Å². The minimum absolute atomic E-state index is 0.138. The van der Waals surface area contributed by atoms with Crippen molar-refractivity contribution in [1.29, 1.82) is 0 Å². The Hall–Kier alpha value is -4.76. The fourth-order valence-electron chi connectivity index (χ4n) is 4.85. The number of carbonyl (C=O) groups is 4. The van der Waals surface area contributed by atoms with E-state index in [1.807, 2.05) is 92.0 Å². The highest BCUT2D eigenvalue weighted by molar-refractivity contribution is 7.10. The van der Waals surface area contributed by atoms with E-state index in [9.17, 15) is 19.2 Å². The molecule has 41 heavy (non-hydrogen) atoms. The first-order valence-electron chi connectivity index (χ1n) is 13.2. The maximum atomic E-state index is 14.1. The fourth-order valence-corrected chi connectivity index (χ4v) is 5.69. The van der Waals surface area contributed by atoms with Gasteiger partial charge in [-0.2, -0.15) is 0 Å². The molecular weight excluding hydrogens is 536 g/mol. The third kappa shape index (κ3) is 5.76. The van der Waals surface area contributed by atoms with Crippen LogP contribution in [0.25, 0.3) is 0 Å². The number of rotatable bonds is 9. The summed E-state index contributed by atoms with van der Waals surface area (Å²) in [6.07, 6.45) is 0. The summed E-state index contributed by atoms with van der Waals surface area (Å²) in [4.78, 5) is 58.9. The number of aryl methyl sites for hydroxylation is 1. The van der Waals surface area contributed by atoms with E-state index >= 15 is 0 Å². The van der Waals surface area contributed by atoms with Gasteiger partial charge < -0.3 is 15.1 Å². The van der Waals surface area contributed by atoms with Gasteiger partial charge >= 0.3 is 0 Å². The molecule has 1 atom stereocenters. The smallest absolute Gasteiger partial charge is 0.299 e. The van der Waals surface area contributed by atoms with Crippen molar-refractivity contribution in [1.82, 2.24) is 4.90 Å². The summed E-state index contributed by atoms with van der Waals surface area (Å²) >= 11 is 1.37. The molecule has 2 heterocycles. The zero-order chi connectivity index (χ0) is 29.1. The van der Waals surface area contributed by atoms with Crippen LogP contribution in [-0.4, -0.2) is 49.0 Å². The summed E-state index contributed by atoms with van der Waals surface area (Å²) in [7, 11) is 3.87. The Morgan fingerprint density at radius 3 is 2.29 bits per heavy atom. The van der Waals surface area contributed by atoms with E-state index in [1.54, 1.807) is 24.3 Å². The van der Waals surface area contributed by atoms with E-state index in [2.05, 4.69) is 5.32 Å². The Kier molecular flexibility index (Phi) is 7.98. The van der Waals surface area contributed by atoms with Gasteiger partial charge in [-0.3, -0.25) is 24.1 Å². The van der Waals surface area contributed by atoms with Crippen LogP contribution in [0.4, 0.5) is 17.1 Å². The maximum Gasteiger partial charge on any atom is 0.299 e. The normalized spacial score (nSPS) is 13.1. The van der Waals surface area contributed by atoms with Gasteiger partial charge in [0.2, 0.25) is 5.91 Å². The number of nitrogens with zero attached hydrogens (tertiary/aromatic N) is 3. The van der Waals surface area contributed by atoms with Crippen LogP contribution in [0.5, 0.6) is 0 Å². The molecule has 1 aliphatic rings. The number of thiophene rings is 1. The highest BCUT2D eigenvalue weighted by Crippen LogP contribution is 2.32. The number of ketones is 1. The molecule has 0 aliphatic carbocycles. The van der Waals surface area contributed by atoms with Gasteiger partial charge in [-0.1, -0.05) is 42.5 Å². The molecule has 1 aromatic heterocycles. The van der Waals surface area contributed by atoms with Crippen molar-refractivity contribution < 1.29 is 19.2 Å². The average Bonchev–Trinajstić information content (AvgIpc) is 3.57. The largest absolute Gasteiger partial charge is 0.378 e. The first-order valence-corrected chi connectivity index (χ1v) is 14.0. The molecule has 0 saturated carbocycles. The predicted octanol–water partition coefficient (Wildman–Crippen LogP) is 5.06. The Labute approximate surface area is 242 Å². The van der Waals surface area contributed by atoms with Gasteiger partial charge in [0.05, 0.1) is 11.3 Å². The van der Waals surface area contributed by atoms with Gasteiger partial charge in [-0.25, -0.2) is 0 Å². The topological polar surface area (TPSA) is 90.0 Å². The Balaban J connectivity index is 1.51. The molecule has 1 aliphatic heterocycles. The first kappa shape index (κ1) is 27.8. The third-order valence-electron chi connectivity index (χ3n) is 7.12. The van der Waals surface area contributed by atoms with E-state index < -0.39 is 23.6 Å². The number of hydrogen-bond acceptors (Lipinski definition) is 6. The first-order chi connectivity index (χ1) is 19.7. The minimum atomic E-state index is -0.973. The maximum absolute atomic E-state index is 14.1. The van der Waals surface area contributed by atoms with Gasteiger partial charge in [-0.05, 0) is 65.9 Å². The lowest BCUT2D eigenvalue weighted by Crippen LogP contribution is -2.46. The van der Waals surface area contributed by atoms with E-state index in [0.29, 0.717) is 16.3 Å². The van der Waals surface area contributed by atoms with Crippen molar-refractivity contribution in [3.05, 3.63) is 112 Å². The molecule has 1 N–H and O–H groups in total. The van der Waals surface area contributed by atoms with Crippen molar-refractivity contribution in [2.24, 2.45) is 0 Å². The van der Waals surface area contributed by atoms with E-state index in [0.717, 1.165) is 16.8 Å². The number of Topliss-reactive ketones (excluding diaryl/α,β-unsaturated/α-hetero) is 1. The Morgan fingerprint density at radius 1 is 0.902 bits per heavy atom. The zero-order valence-electron chi connectivity index (χ0n) is 23.0. The number of nitrogens with one attached hydrogen (secondary N) is 1. The number of benzene rings is 3. The standard InChI is InChI=1S/C32H30N4O4S/c1-21-9-4-5-10-22(21)19-36(28(37)20-35-26-12-7-6-11-25(26)30(38)32(35)40)29(27-13-8-18-41-27)31(39)33-23-14-16-24(17-15-23)34(2)3/h4-18,29H,19-20H2,1-3H3,(H,33,39)/t29-/m1/s1. The lowest BCUT2D eigenvalue weighted by atomic mass is 10.1. The predicted molar refractivity (Wildman–Crippen MR) is 161 cm³/mol. The van der Waals surface area contributed by atoms with Crippen LogP contribution < -0.4 is 15.1 Å². The number of para-hydroxylation sites is 1. The molecule has 9 heteroatoms. The second-order valence-electron chi connectivity index (χ2n) is 10.0. The quantitative estimate of drug-likeness (QED) is 0.286. The van der Waals surface area contributed by atoms with Gasteiger partial charge in [0.15, 0.2) is 0 Å². The van der Waals surface area contributed by atoms with Crippen molar-refractivity contribution in [2.45, 2.75) is 19.5 Å². The fraction of sp³-hybridized carbons (Fsp3) is 0.188. The van der Waals surface area contributed by atoms with E-state index in [4.69, 9.17) is 0 Å². The van der Waals surface area contributed by atoms with Crippen LogP contribution in [0.1, 0.15) is 32.4 Å². The molecule has 0 spiro atoms. The highest BCUT2D eigenvalue weighted by atomic mass is 32.1. The summed E-state index contributed by atoms with van der Waals surface area (Å²) in [6, 6.07) is 24.4. The number of fused-ring (bicyclic) bond motifs is 1. The molecule has 3 aromatic carbocycles. The Bertz CT molecular complexity index is 1600. The zero-order valence-corrected chi connectivity index (χ0v) is 23.9. The van der Waals surface area contributed by atoms with Gasteiger partial charge in [-0.15, -0.1) is 11.3 Å². The Morgan fingerprint density at radius 2 is 1.61 bits per heavy atom. The second-order valence-corrected chi connectivity index (χ2v) is 11.0. The molecule has 0 bridgehead atoms. The van der Waals surface area contributed by atoms with E-state index in [1.165, 1.54) is 21.1 Å². The molecule has 4 aromatic rings. The summed E-state index contributed by atoms with van der Waals surface area (Å²) in [5, 5.41) is 4.84. The molecule has 8 nitrogen and oxygen atoms in total. The second kappa shape index (κ2) is 11.8. The molecule has 0 unspecified atom stereocenters. The van der Waals surface area contributed by atoms with Gasteiger partial charge in [0.1, 0.15) is 12.6 Å².